The number of likely N-dealkylation sites (N-methyl/N-ethyl adjacent to an activating group) is 1. The van der Waals surface area contributed by atoms with Crippen LogP contribution in [0.3, 0.4) is 0 Å². The third kappa shape index (κ3) is 3.19. The number of carbonyl (C=O) groups excluding carboxylic acids is 1. The third-order valence-electron chi connectivity index (χ3n) is 3.76. The van der Waals surface area contributed by atoms with E-state index in [1.807, 2.05) is 6.92 Å². The van der Waals surface area contributed by atoms with Crippen molar-refractivity contribution >= 4 is 11.5 Å². The minimum Gasteiger partial charge on any atom is -0.503 e. The summed E-state index contributed by atoms with van der Waals surface area (Å²) in [5, 5.41) is 9.99. The number of nitrogens with zero attached hydrogens (tertiary/aromatic N) is 3. The van der Waals surface area contributed by atoms with E-state index in [2.05, 4.69) is 9.97 Å². The molecule has 1 aromatic carbocycles. The van der Waals surface area contributed by atoms with Crippen LogP contribution in [-0.4, -0.2) is 39.0 Å². The minimum atomic E-state index is -0.403. The molecule has 0 fully saturated rings. The number of hydrogen-bond donors (Lipinski definition) is 1. The minimum absolute atomic E-state index is 0.224. The Hall–Kier alpha value is -2.96. The summed E-state index contributed by atoms with van der Waals surface area (Å²) in [5.74, 6) is -0.691. The van der Waals surface area contributed by atoms with Gasteiger partial charge < -0.3 is 14.7 Å². The van der Waals surface area contributed by atoms with Crippen molar-refractivity contribution in [1.29, 1.82) is 0 Å². The highest BCUT2D eigenvalue weighted by Gasteiger charge is 2.30. The van der Waals surface area contributed by atoms with Crippen molar-refractivity contribution in [3.63, 3.8) is 0 Å². The van der Waals surface area contributed by atoms with E-state index in [1.54, 1.807) is 18.2 Å². The molecule has 0 saturated carbocycles. The van der Waals surface area contributed by atoms with Gasteiger partial charge in [0, 0.05) is 18.2 Å². The molecule has 0 saturated heterocycles. The number of benzene rings is 1. The molecule has 0 bridgehead atoms. The van der Waals surface area contributed by atoms with Crippen LogP contribution in [-0.2, 0) is 11.4 Å². The second-order valence-corrected chi connectivity index (χ2v) is 5.30. The molecule has 0 unspecified atom stereocenters. The van der Waals surface area contributed by atoms with Crippen LogP contribution in [0.15, 0.2) is 42.4 Å². The standard InChI is InChI=1S/C17H16FN3O3/c1-2-21-8-13(16(22)17(21)23)14-7-15(20-10-19-14)24-9-11-3-5-12(18)6-4-11/h3-7,10,22H,2,8-9H2,1H3. The van der Waals surface area contributed by atoms with E-state index in [-0.39, 0.29) is 18.2 Å². The van der Waals surface area contributed by atoms with Crippen LogP contribution in [0.25, 0.3) is 5.57 Å². The summed E-state index contributed by atoms with van der Waals surface area (Å²) in [6.07, 6.45) is 1.31. The zero-order valence-corrected chi connectivity index (χ0v) is 13.1. The normalized spacial score (nSPS) is 14.4. The van der Waals surface area contributed by atoms with Crippen molar-refractivity contribution in [1.82, 2.24) is 14.9 Å². The highest BCUT2D eigenvalue weighted by molar-refractivity contribution is 6.03. The summed E-state index contributed by atoms with van der Waals surface area (Å²) in [6, 6.07) is 7.54. The van der Waals surface area contributed by atoms with Gasteiger partial charge in [0.1, 0.15) is 18.8 Å². The maximum Gasteiger partial charge on any atom is 0.289 e. The lowest BCUT2D eigenvalue weighted by molar-refractivity contribution is -0.127. The highest BCUT2D eigenvalue weighted by Crippen LogP contribution is 2.26. The summed E-state index contributed by atoms with van der Waals surface area (Å²) in [5.41, 5.74) is 1.70. The average Bonchev–Trinajstić information content (AvgIpc) is 2.90. The molecule has 0 aliphatic carbocycles. The van der Waals surface area contributed by atoms with Gasteiger partial charge in [-0.05, 0) is 24.6 Å². The monoisotopic (exact) mass is 329 g/mol. The lowest BCUT2D eigenvalue weighted by Crippen LogP contribution is -2.26. The topological polar surface area (TPSA) is 75.6 Å². The number of ether oxygens (including phenoxy) is 1. The van der Waals surface area contributed by atoms with Gasteiger partial charge in [-0.3, -0.25) is 4.79 Å². The Kier molecular flexibility index (Phi) is 4.41. The number of aliphatic hydroxyl groups excluding tert-OH is 1. The van der Waals surface area contributed by atoms with E-state index in [9.17, 15) is 14.3 Å². The fourth-order valence-electron chi connectivity index (χ4n) is 2.40. The summed E-state index contributed by atoms with van der Waals surface area (Å²) in [4.78, 5) is 21.5. The fourth-order valence-corrected chi connectivity index (χ4v) is 2.40. The zero-order valence-electron chi connectivity index (χ0n) is 13.1. The van der Waals surface area contributed by atoms with Crippen molar-refractivity contribution < 1.29 is 19.0 Å². The quantitative estimate of drug-likeness (QED) is 0.911. The van der Waals surface area contributed by atoms with Crippen LogP contribution in [0.4, 0.5) is 4.39 Å². The number of amides is 1. The van der Waals surface area contributed by atoms with Crippen molar-refractivity contribution in [2.75, 3.05) is 13.1 Å². The van der Waals surface area contributed by atoms with Gasteiger partial charge in [-0.15, -0.1) is 0 Å². The van der Waals surface area contributed by atoms with Gasteiger partial charge in [0.15, 0.2) is 5.76 Å². The van der Waals surface area contributed by atoms with Crippen molar-refractivity contribution in [2.24, 2.45) is 0 Å². The molecular formula is C17H16FN3O3. The molecule has 1 aliphatic rings. The lowest BCUT2D eigenvalue weighted by Gasteiger charge is -2.12. The van der Waals surface area contributed by atoms with E-state index in [0.717, 1.165) is 5.56 Å². The summed E-state index contributed by atoms with van der Waals surface area (Å²) >= 11 is 0. The first-order valence-corrected chi connectivity index (χ1v) is 7.49. The molecule has 24 heavy (non-hydrogen) atoms. The van der Waals surface area contributed by atoms with Crippen molar-refractivity contribution in [2.45, 2.75) is 13.5 Å². The molecule has 1 amide bonds. The average molecular weight is 329 g/mol. The zero-order chi connectivity index (χ0) is 17.1. The first-order chi connectivity index (χ1) is 11.6. The molecule has 2 aromatic rings. The number of aliphatic hydroxyl groups is 1. The van der Waals surface area contributed by atoms with Gasteiger partial charge in [0.2, 0.25) is 5.88 Å². The predicted octanol–water partition coefficient (Wildman–Crippen LogP) is 2.33. The molecule has 1 aromatic heterocycles. The van der Waals surface area contributed by atoms with E-state index in [1.165, 1.54) is 23.4 Å². The molecule has 0 atom stereocenters. The van der Waals surface area contributed by atoms with Crippen molar-refractivity contribution in [3.8, 4) is 5.88 Å². The Morgan fingerprint density at radius 1 is 1.29 bits per heavy atom. The smallest absolute Gasteiger partial charge is 0.289 e. The number of carbonyl (C=O) groups is 1. The fraction of sp³-hybridized carbons (Fsp3) is 0.235. The largest absolute Gasteiger partial charge is 0.503 e. The maximum absolute atomic E-state index is 12.9. The second-order valence-electron chi connectivity index (χ2n) is 5.30. The Bertz CT molecular complexity index is 790. The Morgan fingerprint density at radius 2 is 2.04 bits per heavy atom. The van der Waals surface area contributed by atoms with Gasteiger partial charge in [-0.1, -0.05) is 12.1 Å². The molecule has 1 aliphatic heterocycles. The van der Waals surface area contributed by atoms with Gasteiger partial charge in [0.05, 0.1) is 12.2 Å². The molecule has 2 heterocycles. The lowest BCUT2D eigenvalue weighted by atomic mass is 10.2. The van der Waals surface area contributed by atoms with Gasteiger partial charge in [0.25, 0.3) is 5.91 Å². The Balaban J connectivity index is 1.75. The number of halogens is 1. The van der Waals surface area contributed by atoms with Crippen LogP contribution >= 0.6 is 0 Å². The Labute approximate surface area is 138 Å². The van der Waals surface area contributed by atoms with E-state index in [4.69, 9.17) is 4.74 Å². The van der Waals surface area contributed by atoms with Crippen LogP contribution in [0.1, 0.15) is 18.2 Å². The first kappa shape index (κ1) is 15.9. The highest BCUT2D eigenvalue weighted by atomic mass is 19.1. The SMILES string of the molecule is CCN1CC(c2cc(OCc3ccc(F)cc3)ncn2)=C(O)C1=O. The van der Waals surface area contributed by atoms with E-state index >= 15 is 0 Å². The van der Waals surface area contributed by atoms with Gasteiger partial charge in [-0.2, -0.15) is 0 Å². The Morgan fingerprint density at radius 3 is 2.71 bits per heavy atom. The summed E-state index contributed by atoms with van der Waals surface area (Å²) in [6.45, 7) is 2.87. The number of hydrogen-bond acceptors (Lipinski definition) is 5. The van der Waals surface area contributed by atoms with E-state index < -0.39 is 5.91 Å². The molecule has 3 rings (SSSR count). The van der Waals surface area contributed by atoms with Crippen LogP contribution in [0.5, 0.6) is 5.88 Å². The first-order valence-electron chi connectivity index (χ1n) is 7.49. The van der Waals surface area contributed by atoms with Crippen LogP contribution < -0.4 is 4.74 Å². The van der Waals surface area contributed by atoms with E-state index in [0.29, 0.717) is 30.2 Å². The number of aromatic nitrogens is 2. The molecule has 124 valence electrons. The second kappa shape index (κ2) is 6.66. The van der Waals surface area contributed by atoms with Crippen LogP contribution in [0, 0.1) is 5.82 Å². The molecule has 6 nitrogen and oxygen atoms in total. The van der Waals surface area contributed by atoms with Gasteiger partial charge >= 0.3 is 0 Å². The molecule has 0 radical (unpaired) electrons. The molecule has 7 heteroatoms. The molecular weight excluding hydrogens is 313 g/mol. The third-order valence-corrected chi connectivity index (χ3v) is 3.76. The predicted molar refractivity (Wildman–Crippen MR) is 84.6 cm³/mol. The maximum atomic E-state index is 12.9. The summed E-state index contributed by atoms with van der Waals surface area (Å²) in [7, 11) is 0. The summed E-state index contributed by atoms with van der Waals surface area (Å²) < 4.78 is 18.5. The number of rotatable bonds is 5. The molecule has 1 N–H and O–H groups in total. The molecule has 0 spiro atoms. The van der Waals surface area contributed by atoms with Crippen molar-refractivity contribution in [3.05, 3.63) is 59.5 Å². The van der Waals surface area contributed by atoms with Gasteiger partial charge in [-0.25, -0.2) is 14.4 Å². The van der Waals surface area contributed by atoms with Crippen LogP contribution in [0.2, 0.25) is 0 Å².